The van der Waals surface area contributed by atoms with Crippen molar-refractivity contribution in [3.05, 3.63) is 109 Å². The van der Waals surface area contributed by atoms with Crippen LogP contribution in [0.25, 0.3) is 0 Å². The number of carbonyl (C=O) groups is 2. The van der Waals surface area contributed by atoms with Gasteiger partial charge in [0.15, 0.2) is 6.10 Å². The second-order valence-corrected chi connectivity index (χ2v) is 16.8. The summed E-state index contributed by atoms with van der Waals surface area (Å²) in [6.07, 6.45) is 34.8. The molecule has 0 amide bonds. The van der Waals surface area contributed by atoms with E-state index in [0.717, 1.165) is 44.9 Å². The van der Waals surface area contributed by atoms with Crippen molar-refractivity contribution >= 4 is 19.8 Å². The Bertz CT molecular complexity index is 1550. The van der Waals surface area contributed by atoms with Gasteiger partial charge in [-0.05, 0) is 83.5 Å². The summed E-state index contributed by atoms with van der Waals surface area (Å²) >= 11 is 0. The standard InChI is InChI=1S/C49H77O14P/c1-3-5-7-8-9-10-11-12-13-16-20-23-26-29-33-37-43(52)62-41(39-61-64(58,59)63-49-47(56)45(54)44(53)46(55)48(49)57)38-60-42(51)36-32-28-25-22-19-17-14-15-18-21-24-27-31-35-40(50)34-30-6-4-2/h6,9-10,12-13,15,17-20,23-25,27-28,30-31,35,40-41,44-50,53-57H,3-5,7-8,11,14,16,21-22,26,29,32-34,36-39H2,1-2H3,(H,58,59)/b10-9-,13-12-,18-15-,19-17-,23-20-,27-24+,28-25-,30-6-,35-31+/t40?,41-,44?,45-,46+,47-,48-,49?/m1/s1. The molecular weight excluding hydrogens is 843 g/mol. The van der Waals surface area contributed by atoms with Crippen LogP contribution in [0.15, 0.2) is 109 Å². The lowest BCUT2D eigenvalue weighted by Gasteiger charge is -2.41. The largest absolute Gasteiger partial charge is 0.472 e. The van der Waals surface area contributed by atoms with Crippen LogP contribution in [0.3, 0.4) is 0 Å². The molecule has 9 atom stereocenters. The van der Waals surface area contributed by atoms with Crippen LogP contribution in [0.1, 0.15) is 123 Å². The monoisotopic (exact) mass is 921 g/mol. The number of hydrogen-bond donors (Lipinski definition) is 7. The number of rotatable bonds is 35. The van der Waals surface area contributed by atoms with Crippen LogP contribution in [0.4, 0.5) is 0 Å². The first-order valence-electron chi connectivity index (χ1n) is 22.8. The van der Waals surface area contributed by atoms with Crippen molar-refractivity contribution in [2.75, 3.05) is 13.2 Å². The van der Waals surface area contributed by atoms with Gasteiger partial charge in [-0.25, -0.2) is 4.57 Å². The van der Waals surface area contributed by atoms with Crippen molar-refractivity contribution in [2.24, 2.45) is 0 Å². The molecule has 1 rings (SSSR count). The van der Waals surface area contributed by atoms with Gasteiger partial charge in [0, 0.05) is 12.8 Å². The summed E-state index contributed by atoms with van der Waals surface area (Å²) in [4.78, 5) is 35.6. The maximum absolute atomic E-state index is 12.8. The van der Waals surface area contributed by atoms with Gasteiger partial charge in [-0.2, -0.15) is 0 Å². The summed E-state index contributed by atoms with van der Waals surface area (Å²) in [5.41, 5.74) is 0. The molecule has 0 heterocycles. The second-order valence-electron chi connectivity index (χ2n) is 15.4. The van der Waals surface area contributed by atoms with Gasteiger partial charge in [-0.3, -0.25) is 18.6 Å². The molecule has 64 heavy (non-hydrogen) atoms. The lowest BCUT2D eigenvalue weighted by molar-refractivity contribution is -0.220. The molecule has 14 nitrogen and oxygen atoms in total. The van der Waals surface area contributed by atoms with E-state index in [1.807, 2.05) is 60.8 Å². The molecule has 1 saturated carbocycles. The Morgan fingerprint density at radius 1 is 0.578 bits per heavy atom. The van der Waals surface area contributed by atoms with Crippen LogP contribution in [0.5, 0.6) is 0 Å². The van der Waals surface area contributed by atoms with Crippen LogP contribution in [-0.4, -0.2) is 110 Å². The fourth-order valence-electron chi connectivity index (χ4n) is 5.99. The van der Waals surface area contributed by atoms with E-state index in [2.05, 4.69) is 56.4 Å². The van der Waals surface area contributed by atoms with E-state index in [-0.39, 0.29) is 12.8 Å². The third kappa shape index (κ3) is 29.8. The topological polar surface area (TPSA) is 230 Å². The van der Waals surface area contributed by atoms with E-state index in [1.165, 1.54) is 19.3 Å². The molecule has 0 bridgehead atoms. The Hall–Kier alpha value is -3.53. The molecule has 4 unspecified atom stereocenters. The van der Waals surface area contributed by atoms with Crippen LogP contribution in [0.2, 0.25) is 0 Å². The highest BCUT2D eigenvalue weighted by Gasteiger charge is 2.51. The number of aliphatic hydroxyl groups excluding tert-OH is 6. The zero-order valence-corrected chi connectivity index (χ0v) is 38.8. The first kappa shape index (κ1) is 58.5. The first-order chi connectivity index (χ1) is 30.8. The molecule has 1 aliphatic carbocycles. The molecule has 0 aliphatic heterocycles. The minimum absolute atomic E-state index is 0.0110. The van der Waals surface area contributed by atoms with Gasteiger partial charge in [-0.15, -0.1) is 0 Å². The smallest absolute Gasteiger partial charge is 0.462 e. The normalized spacial score (nSPS) is 23.1. The summed E-state index contributed by atoms with van der Waals surface area (Å²) in [7, 11) is -5.16. The second kappa shape index (κ2) is 37.7. The van der Waals surface area contributed by atoms with Gasteiger partial charge >= 0.3 is 19.8 Å². The first-order valence-corrected chi connectivity index (χ1v) is 24.3. The van der Waals surface area contributed by atoms with Crippen molar-refractivity contribution in [2.45, 2.75) is 172 Å². The van der Waals surface area contributed by atoms with E-state index >= 15 is 0 Å². The number of carbonyl (C=O) groups excluding carboxylic acids is 2. The number of phosphoric acid groups is 1. The predicted octanol–water partition coefficient (Wildman–Crippen LogP) is 7.80. The molecule has 0 saturated heterocycles. The molecule has 1 fully saturated rings. The minimum atomic E-state index is -5.16. The Balaban J connectivity index is 2.57. The molecule has 0 spiro atoms. The molecule has 0 aromatic heterocycles. The van der Waals surface area contributed by atoms with E-state index in [1.54, 1.807) is 6.08 Å². The Morgan fingerprint density at radius 3 is 1.66 bits per heavy atom. The number of esters is 2. The van der Waals surface area contributed by atoms with Gasteiger partial charge in [0.25, 0.3) is 0 Å². The zero-order chi connectivity index (χ0) is 47.3. The third-order valence-corrected chi connectivity index (χ3v) is 10.7. The number of allylic oxidation sites excluding steroid dienone is 16. The van der Waals surface area contributed by atoms with Crippen LogP contribution < -0.4 is 0 Å². The molecule has 1 aliphatic rings. The average molecular weight is 921 g/mol. The minimum Gasteiger partial charge on any atom is -0.462 e. The van der Waals surface area contributed by atoms with Crippen molar-refractivity contribution in [1.29, 1.82) is 0 Å². The number of unbranched alkanes of at least 4 members (excludes halogenated alkanes) is 5. The van der Waals surface area contributed by atoms with E-state index in [0.29, 0.717) is 32.1 Å². The van der Waals surface area contributed by atoms with E-state index < -0.39 is 81.8 Å². The fraction of sp³-hybridized carbons (Fsp3) is 0.592. The number of phosphoric ester groups is 1. The molecule has 0 aromatic rings. The summed E-state index contributed by atoms with van der Waals surface area (Å²) in [6, 6.07) is 0. The molecule has 362 valence electrons. The highest BCUT2D eigenvalue weighted by Crippen LogP contribution is 2.47. The predicted molar refractivity (Wildman–Crippen MR) is 250 cm³/mol. The van der Waals surface area contributed by atoms with Gasteiger partial charge in [0.05, 0.1) is 12.7 Å². The highest BCUT2D eigenvalue weighted by atomic mass is 31.2. The molecule has 0 radical (unpaired) electrons. The van der Waals surface area contributed by atoms with Gasteiger partial charge < -0.3 is 45.0 Å². The fourth-order valence-corrected chi connectivity index (χ4v) is 6.96. The lowest BCUT2D eigenvalue weighted by Crippen LogP contribution is -2.64. The maximum atomic E-state index is 12.8. The molecule has 0 aromatic carbocycles. The quantitative estimate of drug-likeness (QED) is 0.0106. The van der Waals surface area contributed by atoms with E-state index in [9.17, 15) is 49.7 Å². The van der Waals surface area contributed by atoms with Crippen LogP contribution in [0, 0.1) is 0 Å². The van der Waals surface area contributed by atoms with Crippen molar-refractivity contribution in [1.82, 2.24) is 0 Å². The Labute approximate surface area is 381 Å². The molecule has 15 heteroatoms. The third-order valence-electron chi connectivity index (χ3n) is 9.69. The maximum Gasteiger partial charge on any atom is 0.472 e. The number of hydrogen-bond acceptors (Lipinski definition) is 13. The highest BCUT2D eigenvalue weighted by molar-refractivity contribution is 7.47. The lowest BCUT2D eigenvalue weighted by atomic mass is 9.85. The van der Waals surface area contributed by atoms with Crippen molar-refractivity contribution in [3.8, 4) is 0 Å². The SMILES string of the molecule is CC/C=C\CC(O)/C=C/C=C/C/C=C\C/C=C\C/C=C\CCC(=O)OC[C@H](COP(=O)(O)OC1[C@H](O)[C@H](O)C(O)[C@H](O)[C@H]1O)OC(=O)CCCC/C=C\C/C=C\C/C=C\CCCCC. The van der Waals surface area contributed by atoms with Crippen LogP contribution >= 0.6 is 7.82 Å². The number of ether oxygens (including phenoxy) is 2. The van der Waals surface area contributed by atoms with Gasteiger partial charge in [0.1, 0.15) is 43.2 Å². The Morgan fingerprint density at radius 2 is 1.09 bits per heavy atom. The van der Waals surface area contributed by atoms with E-state index in [4.69, 9.17) is 18.5 Å². The summed E-state index contributed by atoms with van der Waals surface area (Å²) in [5, 5.41) is 60.0. The zero-order valence-electron chi connectivity index (χ0n) is 37.9. The molecular formula is C49H77O14P. The van der Waals surface area contributed by atoms with Gasteiger partial charge in [0.2, 0.25) is 0 Å². The molecule has 7 N–H and O–H groups in total. The van der Waals surface area contributed by atoms with Crippen molar-refractivity contribution in [3.63, 3.8) is 0 Å². The summed E-state index contributed by atoms with van der Waals surface area (Å²) in [6.45, 7) is 2.94. The summed E-state index contributed by atoms with van der Waals surface area (Å²) < 4.78 is 33.4. The summed E-state index contributed by atoms with van der Waals surface area (Å²) in [5.74, 6) is -1.28. The Kier molecular flexibility index (Phi) is 34.4. The van der Waals surface area contributed by atoms with Crippen molar-refractivity contribution < 1.29 is 68.2 Å². The van der Waals surface area contributed by atoms with Gasteiger partial charge in [-0.1, -0.05) is 136 Å². The van der Waals surface area contributed by atoms with Crippen LogP contribution in [-0.2, 0) is 32.7 Å². The average Bonchev–Trinajstić information content (AvgIpc) is 3.27. The number of aliphatic hydroxyl groups is 6.